The van der Waals surface area contributed by atoms with Gasteiger partial charge in [0, 0.05) is 5.56 Å². The van der Waals surface area contributed by atoms with Crippen molar-refractivity contribution in [3.8, 4) is 0 Å². The summed E-state index contributed by atoms with van der Waals surface area (Å²) >= 11 is 0. The van der Waals surface area contributed by atoms with Crippen LogP contribution in [0.25, 0.3) is 10.9 Å². The average molecular weight is 290 g/mol. The molecular formula is C16H10N4O2. The Bertz CT molecular complexity index is 1000. The van der Waals surface area contributed by atoms with Crippen LogP contribution >= 0.6 is 0 Å². The van der Waals surface area contributed by atoms with Crippen LogP contribution in [0.4, 0.5) is 5.69 Å². The van der Waals surface area contributed by atoms with Crippen molar-refractivity contribution in [1.82, 2.24) is 9.66 Å². The molecule has 1 aliphatic rings. The zero-order chi connectivity index (χ0) is 15.1. The number of rotatable bonds is 1. The van der Waals surface area contributed by atoms with E-state index in [4.69, 9.17) is 0 Å². The lowest BCUT2D eigenvalue weighted by Gasteiger charge is -2.02. The van der Waals surface area contributed by atoms with Gasteiger partial charge in [0.15, 0.2) is 5.71 Å². The van der Waals surface area contributed by atoms with E-state index in [1.807, 2.05) is 18.2 Å². The van der Waals surface area contributed by atoms with Crippen LogP contribution in [0.15, 0.2) is 64.8 Å². The van der Waals surface area contributed by atoms with Gasteiger partial charge < -0.3 is 5.32 Å². The van der Waals surface area contributed by atoms with Crippen molar-refractivity contribution in [1.29, 1.82) is 0 Å². The predicted molar refractivity (Wildman–Crippen MR) is 83.0 cm³/mol. The maximum atomic E-state index is 12.4. The first-order valence-corrected chi connectivity index (χ1v) is 6.70. The third-order valence-electron chi connectivity index (χ3n) is 3.50. The fourth-order valence-corrected chi connectivity index (χ4v) is 2.44. The summed E-state index contributed by atoms with van der Waals surface area (Å²) in [5.74, 6) is -0.332. The molecule has 0 saturated carbocycles. The van der Waals surface area contributed by atoms with Crippen LogP contribution in [-0.4, -0.2) is 21.3 Å². The molecule has 2 heterocycles. The predicted octanol–water partition coefficient (Wildman–Crippen LogP) is 1.60. The molecule has 1 aliphatic heterocycles. The Morgan fingerprint density at radius 1 is 1.00 bits per heavy atom. The molecule has 0 fully saturated rings. The minimum absolute atomic E-state index is 0.204. The normalized spacial score (nSPS) is 15.1. The van der Waals surface area contributed by atoms with E-state index < -0.39 is 0 Å². The number of nitrogens with zero attached hydrogens (tertiary/aromatic N) is 3. The third kappa shape index (κ3) is 1.81. The number of benzene rings is 2. The Labute approximate surface area is 124 Å². The molecule has 0 atom stereocenters. The molecule has 106 valence electrons. The van der Waals surface area contributed by atoms with Gasteiger partial charge >= 0.3 is 0 Å². The molecule has 1 N–H and O–H groups in total. The van der Waals surface area contributed by atoms with Gasteiger partial charge in [0.1, 0.15) is 6.33 Å². The Kier molecular flexibility index (Phi) is 2.62. The first-order valence-electron chi connectivity index (χ1n) is 6.70. The van der Waals surface area contributed by atoms with Gasteiger partial charge in [-0.3, -0.25) is 9.59 Å². The monoisotopic (exact) mass is 290 g/mol. The van der Waals surface area contributed by atoms with Crippen molar-refractivity contribution in [3.05, 3.63) is 70.8 Å². The number of aromatic nitrogens is 2. The standard InChI is InChI=1S/C16H10N4O2/c21-15-14(10-5-1-4-8-13(10)18-15)19-20-9-17-12-7-3-2-6-11(12)16(20)22/h1-9H,(H,18,19,21). The van der Waals surface area contributed by atoms with E-state index >= 15 is 0 Å². The van der Waals surface area contributed by atoms with Crippen LogP contribution < -0.4 is 10.9 Å². The Hall–Kier alpha value is -3.28. The molecule has 3 aromatic rings. The van der Waals surface area contributed by atoms with Crippen LogP contribution in [0.5, 0.6) is 0 Å². The molecule has 2 aromatic carbocycles. The number of carbonyl (C=O) groups is 1. The molecule has 0 bridgehead atoms. The van der Waals surface area contributed by atoms with Crippen molar-refractivity contribution in [3.63, 3.8) is 0 Å². The van der Waals surface area contributed by atoms with E-state index in [1.54, 1.807) is 30.3 Å². The Balaban J connectivity index is 1.92. The maximum Gasteiger partial charge on any atom is 0.281 e. The molecule has 0 saturated heterocycles. The summed E-state index contributed by atoms with van der Waals surface area (Å²) in [5, 5.41) is 7.35. The Morgan fingerprint density at radius 2 is 1.77 bits per heavy atom. The highest BCUT2D eigenvalue weighted by Gasteiger charge is 2.25. The van der Waals surface area contributed by atoms with Gasteiger partial charge in [-0.2, -0.15) is 9.78 Å². The molecule has 4 rings (SSSR count). The van der Waals surface area contributed by atoms with E-state index in [9.17, 15) is 9.59 Å². The van der Waals surface area contributed by atoms with E-state index in [0.717, 1.165) is 4.68 Å². The summed E-state index contributed by atoms with van der Waals surface area (Å²) in [7, 11) is 0. The third-order valence-corrected chi connectivity index (χ3v) is 3.50. The van der Waals surface area contributed by atoms with E-state index in [1.165, 1.54) is 6.33 Å². The van der Waals surface area contributed by atoms with Crippen molar-refractivity contribution < 1.29 is 4.79 Å². The molecular weight excluding hydrogens is 280 g/mol. The molecule has 0 aliphatic carbocycles. The van der Waals surface area contributed by atoms with Gasteiger partial charge in [0.05, 0.1) is 16.6 Å². The first kappa shape index (κ1) is 12.5. The second-order valence-corrected chi connectivity index (χ2v) is 4.86. The van der Waals surface area contributed by atoms with Gasteiger partial charge in [-0.15, -0.1) is 0 Å². The van der Waals surface area contributed by atoms with E-state index in [2.05, 4.69) is 15.4 Å². The summed E-state index contributed by atoms with van der Waals surface area (Å²) in [6, 6.07) is 14.2. The number of carbonyl (C=O) groups excluding carboxylic acids is 1. The molecule has 0 radical (unpaired) electrons. The number of para-hydroxylation sites is 2. The minimum atomic E-state index is -0.332. The lowest BCUT2D eigenvalue weighted by Crippen LogP contribution is -2.22. The average Bonchev–Trinajstić information content (AvgIpc) is 2.86. The van der Waals surface area contributed by atoms with E-state index in [0.29, 0.717) is 22.2 Å². The summed E-state index contributed by atoms with van der Waals surface area (Å²) < 4.78 is 1.10. The SMILES string of the molecule is O=C1Nc2ccccc2C1=Nn1cnc2ccccc2c1=O. The number of hydrogen-bond acceptors (Lipinski definition) is 4. The highest BCUT2D eigenvalue weighted by atomic mass is 16.2. The summed E-state index contributed by atoms with van der Waals surface area (Å²) in [4.78, 5) is 28.6. The summed E-state index contributed by atoms with van der Waals surface area (Å²) in [6.07, 6.45) is 1.33. The maximum absolute atomic E-state index is 12.4. The van der Waals surface area contributed by atoms with Crippen molar-refractivity contribution in [2.45, 2.75) is 0 Å². The number of anilines is 1. The minimum Gasteiger partial charge on any atom is -0.320 e. The van der Waals surface area contributed by atoms with Crippen LogP contribution in [0.2, 0.25) is 0 Å². The fourth-order valence-electron chi connectivity index (χ4n) is 2.44. The molecule has 6 heteroatoms. The molecule has 0 unspecified atom stereocenters. The lowest BCUT2D eigenvalue weighted by molar-refractivity contribution is -0.110. The van der Waals surface area contributed by atoms with Gasteiger partial charge in [0.2, 0.25) is 0 Å². The van der Waals surface area contributed by atoms with Gasteiger partial charge in [-0.05, 0) is 18.2 Å². The number of amides is 1. The number of fused-ring (bicyclic) bond motifs is 2. The van der Waals surface area contributed by atoms with Crippen molar-refractivity contribution >= 4 is 28.2 Å². The van der Waals surface area contributed by atoms with Crippen molar-refractivity contribution in [2.75, 3.05) is 5.32 Å². The molecule has 22 heavy (non-hydrogen) atoms. The molecule has 1 aromatic heterocycles. The van der Waals surface area contributed by atoms with Gasteiger partial charge in [-0.25, -0.2) is 4.98 Å². The largest absolute Gasteiger partial charge is 0.320 e. The zero-order valence-electron chi connectivity index (χ0n) is 11.4. The van der Waals surface area contributed by atoms with Crippen LogP contribution in [0.3, 0.4) is 0 Å². The molecule has 6 nitrogen and oxygen atoms in total. The Morgan fingerprint density at radius 3 is 2.68 bits per heavy atom. The number of hydrogen-bond donors (Lipinski definition) is 1. The summed E-state index contributed by atoms with van der Waals surface area (Å²) in [6.45, 7) is 0. The zero-order valence-corrected chi connectivity index (χ0v) is 11.4. The van der Waals surface area contributed by atoms with Crippen LogP contribution in [0.1, 0.15) is 5.56 Å². The quantitative estimate of drug-likeness (QED) is 0.739. The second-order valence-electron chi connectivity index (χ2n) is 4.86. The smallest absolute Gasteiger partial charge is 0.281 e. The van der Waals surface area contributed by atoms with Gasteiger partial charge in [0.25, 0.3) is 11.5 Å². The van der Waals surface area contributed by atoms with Crippen LogP contribution in [0, 0.1) is 0 Å². The number of nitrogens with one attached hydrogen (secondary N) is 1. The van der Waals surface area contributed by atoms with Gasteiger partial charge in [-0.1, -0.05) is 30.3 Å². The van der Waals surface area contributed by atoms with Crippen molar-refractivity contribution in [2.24, 2.45) is 5.10 Å². The lowest BCUT2D eigenvalue weighted by atomic mass is 10.1. The highest BCUT2D eigenvalue weighted by Crippen LogP contribution is 2.22. The first-order chi connectivity index (χ1) is 10.7. The molecule has 1 amide bonds. The van der Waals surface area contributed by atoms with E-state index in [-0.39, 0.29) is 17.2 Å². The highest BCUT2D eigenvalue weighted by molar-refractivity contribution is 6.53. The molecule has 0 spiro atoms. The topological polar surface area (TPSA) is 76.3 Å². The second kappa shape index (κ2) is 4.63. The summed E-state index contributed by atoms with van der Waals surface area (Å²) in [5.41, 5.74) is 1.85. The fraction of sp³-hybridized carbons (Fsp3) is 0. The van der Waals surface area contributed by atoms with Crippen LogP contribution in [-0.2, 0) is 4.79 Å².